The lowest BCUT2D eigenvalue weighted by atomic mass is 9.91. The van der Waals surface area contributed by atoms with Crippen LogP contribution < -0.4 is 5.32 Å². The number of aromatic amines is 1. The van der Waals surface area contributed by atoms with Crippen LogP contribution in [0, 0.1) is 0 Å². The number of hydrogen-bond acceptors (Lipinski definition) is 7. The van der Waals surface area contributed by atoms with Crippen LogP contribution in [0.1, 0.15) is 75.0 Å². The number of esters is 2. The second-order valence-electron chi connectivity index (χ2n) is 8.19. The van der Waals surface area contributed by atoms with Gasteiger partial charge in [-0.15, -0.1) is 0 Å². The molecule has 0 unspecified atom stereocenters. The van der Waals surface area contributed by atoms with E-state index in [4.69, 9.17) is 14.2 Å². The summed E-state index contributed by atoms with van der Waals surface area (Å²) in [6.07, 6.45) is -0.615. The molecule has 1 amide bonds. The molecule has 2 N–H and O–H groups in total. The normalized spacial score (nSPS) is 11.8. The molecule has 2 heterocycles. The lowest BCUT2D eigenvalue weighted by Crippen LogP contribution is -2.44. The monoisotopic (exact) mass is 419 g/mol. The van der Waals surface area contributed by atoms with E-state index in [1.54, 1.807) is 60.6 Å². The van der Waals surface area contributed by atoms with Gasteiger partial charge in [-0.2, -0.15) is 0 Å². The second-order valence-corrected chi connectivity index (χ2v) is 8.19. The van der Waals surface area contributed by atoms with E-state index in [1.807, 2.05) is 0 Å². The maximum Gasteiger partial charge on any atom is 0.408 e. The average Bonchev–Trinajstić information content (AvgIpc) is 3.03. The van der Waals surface area contributed by atoms with Gasteiger partial charge >= 0.3 is 18.0 Å². The first kappa shape index (κ1) is 23.2. The lowest BCUT2D eigenvalue weighted by molar-refractivity contribution is 0.0468. The third-order valence-electron chi connectivity index (χ3n) is 4.07. The molecular formula is C21H29N3O6. The SMILES string of the molecule is CCOC(=O)c1cc(C(C)(C)NC(=O)OC(C)(C)C)c2cc(C(=O)OCC)[nH]c2n1. The highest BCUT2D eigenvalue weighted by molar-refractivity contribution is 5.97. The van der Waals surface area contributed by atoms with Crippen LogP contribution in [0.4, 0.5) is 4.79 Å². The van der Waals surface area contributed by atoms with Crippen molar-refractivity contribution >= 4 is 29.1 Å². The fourth-order valence-electron chi connectivity index (χ4n) is 2.88. The molecule has 2 rings (SSSR count). The highest BCUT2D eigenvalue weighted by Crippen LogP contribution is 2.30. The van der Waals surface area contributed by atoms with Crippen LogP contribution in [-0.2, 0) is 19.7 Å². The Hall–Kier alpha value is -3.10. The molecule has 30 heavy (non-hydrogen) atoms. The predicted molar refractivity (Wildman–Crippen MR) is 110 cm³/mol. The number of carbonyl (C=O) groups excluding carboxylic acids is 3. The molecule has 9 nitrogen and oxygen atoms in total. The average molecular weight is 419 g/mol. The molecule has 164 valence electrons. The van der Waals surface area contributed by atoms with Gasteiger partial charge in [0.25, 0.3) is 0 Å². The first-order chi connectivity index (χ1) is 13.9. The summed E-state index contributed by atoms with van der Waals surface area (Å²) in [6.45, 7) is 12.6. The summed E-state index contributed by atoms with van der Waals surface area (Å²) >= 11 is 0. The number of aromatic nitrogens is 2. The zero-order valence-electron chi connectivity index (χ0n) is 18.5. The van der Waals surface area contributed by atoms with E-state index in [0.717, 1.165) is 0 Å². The van der Waals surface area contributed by atoms with Crippen molar-refractivity contribution in [3.8, 4) is 0 Å². The number of fused-ring (bicyclic) bond motifs is 1. The van der Waals surface area contributed by atoms with E-state index >= 15 is 0 Å². The number of amides is 1. The number of ether oxygens (including phenoxy) is 3. The van der Waals surface area contributed by atoms with Crippen LogP contribution in [0.3, 0.4) is 0 Å². The third-order valence-corrected chi connectivity index (χ3v) is 4.07. The first-order valence-corrected chi connectivity index (χ1v) is 9.77. The minimum absolute atomic E-state index is 0.0515. The van der Waals surface area contributed by atoms with Crippen LogP contribution in [0.25, 0.3) is 11.0 Å². The van der Waals surface area contributed by atoms with Gasteiger partial charge < -0.3 is 24.5 Å². The molecule has 0 saturated carbocycles. The fraction of sp³-hybridized carbons (Fsp3) is 0.524. The molecule has 0 aliphatic carbocycles. The van der Waals surface area contributed by atoms with Crippen LogP contribution in [0.5, 0.6) is 0 Å². The first-order valence-electron chi connectivity index (χ1n) is 9.77. The predicted octanol–water partition coefficient (Wildman–Crippen LogP) is 3.68. The van der Waals surface area contributed by atoms with Crippen molar-refractivity contribution in [1.82, 2.24) is 15.3 Å². The molecule has 0 atom stereocenters. The van der Waals surface area contributed by atoms with Crippen molar-refractivity contribution in [2.45, 2.75) is 59.6 Å². The highest BCUT2D eigenvalue weighted by Gasteiger charge is 2.30. The zero-order chi connectivity index (χ0) is 22.7. The molecule has 2 aromatic heterocycles. The Balaban J connectivity index is 2.57. The van der Waals surface area contributed by atoms with Gasteiger partial charge in [0.15, 0.2) is 5.69 Å². The smallest absolute Gasteiger partial charge is 0.408 e. The molecule has 0 spiro atoms. The third kappa shape index (κ3) is 5.49. The lowest BCUT2D eigenvalue weighted by Gasteiger charge is -2.29. The van der Waals surface area contributed by atoms with E-state index in [0.29, 0.717) is 16.6 Å². The molecule has 9 heteroatoms. The van der Waals surface area contributed by atoms with Gasteiger partial charge in [-0.3, -0.25) is 0 Å². The van der Waals surface area contributed by atoms with Gasteiger partial charge in [-0.1, -0.05) is 0 Å². The number of alkyl carbamates (subject to hydrolysis) is 1. The number of hydrogen-bond donors (Lipinski definition) is 2. The van der Waals surface area contributed by atoms with Crippen molar-refractivity contribution in [3.63, 3.8) is 0 Å². The molecule has 0 aromatic carbocycles. The van der Waals surface area contributed by atoms with Crippen molar-refractivity contribution in [1.29, 1.82) is 0 Å². The summed E-state index contributed by atoms with van der Waals surface area (Å²) < 4.78 is 15.5. The molecule has 0 aliphatic heterocycles. The molecule has 0 radical (unpaired) electrons. The van der Waals surface area contributed by atoms with Crippen molar-refractivity contribution in [2.24, 2.45) is 0 Å². The summed E-state index contributed by atoms with van der Waals surface area (Å²) in [6, 6.07) is 3.13. The summed E-state index contributed by atoms with van der Waals surface area (Å²) in [5.74, 6) is -1.15. The van der Waals surface area contributed by atoms with Gasteiger partial charge in [0, 0.05) is 5.39 Å². The van der Waals surface area contributed by atoms with Crippen LogP contribution in [0.15, 0.2) is 12.1 Å². The second kappa shape index (κ2) is 8.73. The number of nitrogens with zero attached hydrogens (tertiary/aromatic N) is 1. The highest BCUT2D eigenvalue weighted by atomic mass is 16.6. The van der Waals surface area contributed by atoms with Gasteiger partial charge in [0.2, 0.25) is 0 Å². The molecule has 0 saturated heterocycles. The maximum atomic E-state index is 12.4. The van der Waals surface area contributed by atoms with Gasteiger partial charge in [0.05, 0.1) is 18.8 Å². The topological polar surface area (TPSA) is 120 Å². The Morgan fingerprint density at radius 1 is 1.00 bits per heavy atom. The summed E-state index contributed by atoms with van der Waals surface area (Å²) in [5, 5.41) is 3.37. The Bertz CT molecular complexity index is 956. The molecular weight excluding hydrogens is 390 g/mol. The van der Waals surface area contributed by atoms with E-state index in [-0.39, 0.29) is 24.6 Å². The van der Waals surface area contributed by atoms with E-state index < -0.39 is 29.2 Å². The number of carbonyl (C=O) groups is 3. The minimum atomic E-state index is -0.959. The van der Waals surface area contributed by atoms with Crippen molar-refractivity contribution in [2.75, 3.05) is 13.2 Å². The number of nitrogens with one attached hydrogen (secondary N) is 2. The molecule has 2 aromatic rings. The summed E-state index contributed by atoms with van der Waals surface area (Å²) in [4.78, 5) is 44.0. The Morgan fingerprint density at radius 2 is 1.60 bits per heavy atom. The van der Waals surface area contributed by atoms with Crippen LogP contribution in [0.2, 0.25) is 0 Å². The van der Waals surface area contributed by atoms with Crippen LogP contribution >= 0.6 is 0 Å². The van der Waals surface area contributed by atoms with E-state index in [1.165, 1.54) is 0 Å². The van der Waals surface area contributed by atoms with Gasteiger partial charge in [-0.25, -0.2) is 19.4 Å². The summed E-state index contributed by atoms with van der Waals surface area (Å²) in [7, 11) is 0. The van der Waals surface area contributed by atoms with Crippen molar-refractivity contribution in [3.05, 3.63) is 29.1 Å². The minimum Gasteiger partial charge on any atom is -0.461 e. The maximum absolute atomic E-state index is 12.4. The largest absolute Gasteiger partial charge is 0.461 e. The Labute approximate surface area is 175 Å². The van der Waals surface area contributed by atoms with Crippen LogP contribution in [-0.4, -0.2) is 46.8 Å². The van der Waals surface area contributed by atoms with E-state index in [2.05, 4.69) is 15.3 Å². The molecule has 0 aliphatic rings. The van der Waals surface area contributed by atoms with Gasteiger partial charge in [-0.05, 0) is 66.2 Å². The number of pyridine rings is 1. The number of rotatable bonds is 6. The van der Waals surface area contributed by atoms with Gasteiger partial charge in [0.1, 0.15) is 16.9 Å². The molecule has 0 bridgehead atoms. The van der Waals surface area contributed by atoms with Crippen molar-refractivity contribution < 1.29 is 28.6 Å². The quantitative estimate of drug-likeness (QED) is 0.541. The standard InChI is InChI=1S/C21H29N3O6/c1-8-28-17(25)14-10-12-13(21(6,7)24-19(27)30-20(3,4)5)11-15(18(26)29-9-2)23-16(12)22-14/h10-11H,8-9H2,1-7H3,(H,22,23)(H,24,27). The molecule has 0 fully saturated rings. The Kier molecular flexibility index (Phi) is 6.74. The number of H-pyrrole nitrogens is 1. The Morgan fingerprint density at radius 3 is 2.17 bits per heavy atom. The van der Waals surface area contributed by atoms with E-state index in [9.17, 15) is 14.4 Å². The fourth-order valence-corrected chi connectivity index (χ4v) is 2.88. The zero-order valence-corrected chi connectivity index (χ0v) is 18.5. The summed E-state index contributed by atoms with van der Waals surface area (Å²) in [5.41, 5.74) is -0.523.